The molecule has 20 heavy (non-hydrogen) atoms. The second kappa shape index (κ2) is 16.7. The molecule has 0 saturated heterocycles. The Balaban J connectivity index is 3.28. The van der Waals surface area contributed by atoms with E-state index in [-0.39, 0.29) is 6.29 Å². The van der Waals surface area contributed by atoms with Gasteiger partial charge >= 0.3 is 0 Å². The van der Waals surface area contributed by atoms with E-state index in [9.17, 15) is 0 Å². The summed E-state index contributed by atoms with van der Waals surface area (Å²) in [6, 6.07) is 0. The first-order chi connectivity index (χ1) is 9.85. The van der Waals surface area contributed by atoms with Crippen LogP contribution in [0.1, 0.15) is 85.0 Å². The number of hydrogen-bond donors (Lipinski definition) is 0. The molecule has 0 aromatic carbocycles. The summed E-state index contributed by atoms with van der Waals surface area (Å²) in [5.74, 6) is 0. The van der Waals surface area contributed by atoms with Gasteiger partial charge in [-0.05, 0) is 46.0 Å². The van der Waals surface area contributed by atoms with Gasteiger partial charge in [0, 0.05) is 13.2 Å². The molecule has 0 aromatic rings. The lowest BCUT2D eigenvalue weighted by Crippen LogP contribution is -2.17. The van der Waals surface area contributed by atoms with Crippen molar-refractivity contribution in [1.82, 2.24) is 0 Å². The number of ether oxygens (including phenoxy) is 2. The molecule has 120 valence electrons. The van der Waals surface area contributed by atoms with Crippen LogP contribution >= 0.6 is 0 Å². The fourth-order valence-corrected chi connectivity index (χ4v) is 2.25. The third kappa shape index (κ3) is 14.1. The van der Waals surface area contributed by atoms with E-state index in [0.717, 1.165) is 19.6 Å². The van der Waals surface area contributed by atoms with Crippen LogP contribution in [0.2, 0.25) is 0 Å². The van der Waals surface area contributed by atoms with Gasteiger partial charge in [0.05, 0.1) is 0 Å². The molecule has 0 rings (SSSR count). The van der Waals surface area contributed by atoms with Crippen LogP contribution < -0.4 is 0 Å². The molecule has 2 heteroatoms. The molecule has 0 aromatic heterocycles. The molecule has 0 atom stereocenters. The molecule has 0 unspecified atom stereocenters. The number of unbranched alkanes of at least 4 members (excludes halogenated alkanes) is 7. The molecule has 0 amide bonds. The molecule has 2 nitrogen and oxygen atoms in total. The summed E-state index contributed by atoms with van der Waals surface area (Å²) in [5, 5.41) is 0. The lowest BCUT2D eigenvalue weighted by Gasteiger charge is -2.16. The average Bonchev–Trinajstić information content (AvgIpc) is 2.45. The molecule has 0 spiro atoms. The first kappa shape index (κ1) is 19.7. The first-order valence-corrected chi connectivity index (χ1v) is 8.73. The minimum Gasteiger partial charge on any atom is -0.353 e. The normalized spacial score (nSPS) is 11.8. The third-order valence-electron chi connectivity index (χ3n) is 3.41. The van der Waals surface area contributed by atoms with E-state index < -0.39 is 0 Å². The van der Waals surface area contributed by atoms with Crippen molar-refractivity contribution in [3.8, 4) is 0 Å². The summed E-state index contributed by atoms with van der Waals surface area (Å²) < 4.78 is 11.1. The van der Waals surface area contributed by atoms with Gasteiger partial charge in [-0.1, -0.05) is 51.2 Å². The second-order valence-corrected chi connectivity index (χ2v) is 5.30. The zero-order chi connectivity index (χ0) is 14.9. The topological polar surface area (TPSA) is 18.5 Å². The van der Waals surface area contributed by atoms with Crippen LogP contribution in [0.4, 0.5) is 0 Å². The minimum absolute atomic E-state index is 0.0199. The molecular weight excluding hydrogens is 248 g/mol. The molecule has 0 radical (unpaired) electrons. The van der Waals surface area contributed by atoms with Crippen molar-refractivity contribution in [2.75, 3.05) is 13.2 Å². The maximum absolute atomic E-state index is 5.54. The lowest BCUT2D eigenvalue weighted by atomic mass is 10.1. The minimum atomic E-state index is 0.0199. The van der Waals surface area contributed by atoms with Gasteiger partial charge < -0.3 is 9.47 Å². The van der Waals surface area contributed by atoms with Crippen molar-refractivity contribution in [2.24, 2.45) is 0 Å². The molecule has 0 bridgehead atoms. The van der Waals surface area contributed by atoms with E-state index in [1.165, 1.54) is 57.8 Å². The van der Waals surface area contributed by atoms with E-state index in [2.05, 4.69) is 19.1 Å². The lowest BCUT2D eigenvalue weighted by molar-refractivity contribution is -0.140. The summed E-state index contributed by atoms with van der Waals surface area (Å²) >= 11 is 0. The van der Waals surface area contributed by atoms with Crippen LogP contribution in [0.25, 0.3) is 0 Å². The molecule has 0 aliphatic rings. The van der Waals surface area contributed by atoms with Crippen molar-refractivity contribution < 1.29 is 9.47 Å². The van der Waals surface area contributed by atoms with E-state index in [4.69, 9.17) is 9.47 Å². The molecule has 0 aliphatic heterocycles. The van der Waals surface area contributed by atoms with Gasteiger partial charge in [-0.25, -0.2) is 0 Å². The van der Waals surface area contributed by atoms with Crippen molar-refractivity contribution in [1.29, 1.82) is 0 Å². The van der Waals surface area contributed by atoms with Gasteiger partial charge in [-0.3, -0.25) is 0 Å². The van der Waals surface area contributed by atoms with E-state index in [1.54, 1.807) is 0 Å². The van der Waals surface area contributed by atoms with Gasteiger partial charge in [0.25, 0.3) is 0 Å². The summed E-state index contributed by atoms with van der Waals surface area (Å²) in [6.45, 7) is 7.79. The standard InChI is InChI=1S/C18H36O2/c1-4-7-8-9-10-11-12-13-14-15-16-17-18(19-5-2)20-6-3/h9-10,18H,4-8,11-17H2,1-3H3/b10-9-. The monoisotopic (exact) mass is 284 g/mol. The summed E-state index contributed by atoms with van der Waals surface area (Å²) in [5.41, 5.74) is 0. The highest BCUT2D eigenvalue weighted by Gasteiger charge is 2.06. The second-order valence-electron chi connectivity index (χ2n) is 5.30. The Morgan fingerprint density at radius 2 is 1.25 bits per heavy atom. The smallest absolute Gasteiger partial charge is 0.157 e. The van der Waals surface area contributed by atoms with Crippen LogP contribution in [-0.2, 0) is 9.47 Å². The maximum Gasteiger partial charge on any atom is 0.157 e. The zero-order valence-electron chi connectivity index (χ0n) is 14.0. The summed E-state index contributed by atoms with van der Waals surface area (Å²) in [7, 11) is 0. The van der Waals surface area contributed by atoms with Crippen molar-refractivity contribution in [3.05, 3.63) is 12.2 Å². The van der Waals surface area contributed by atoms with Crippen molar-refractivity contribution in [2.45, 2.75) is 91.3 Å². The van der Waals surface area contributed by atoms with Gasteiger partial charge in [0.2, 0.25) is 0 Å². The quantitative estimate of drug-likeness (QED) is 0.213. The molecule has 0 heterocycles. The Hall–Kier alpha value is -0.340. The highest BCUT2D eigenvalue weighted by molar-refractivity contribution is 4.81. The Labute approximate surface area is 126 Å². The fourth-order valence-electron chi connectivity index (χ4n) is 2.25. The predicted octanol–water partition coefficient (Wildman–Crippen LogP) is 5.86. The Morgan fingerprint density at radius 1 is 0.700 bits per heavy atom. The van der Waals surface area contributed by atoms with Crippen molar-refractivity contribution in [3.63, 3.8) is 0 Å². The maximum atomic E-state index is 5.54. The van der Waals surface area contributed by atoms with Gasteiger partial charge in [-0.15, -0.1) is 0 Å². The molecule has 0 aliphatic carbocycles. The van der Waals surface area contributed by atoms with Crippen LogP contribution in [0, 0.1) is 0 Å². The largest absolute Gasteiger partial charge is 0.353 e. The molecule has 0 saturated carbocycles. The summed E-state index contributed by atoms with van der Waals surface area (Å²) in [6.07, 6.45) is 17.5. The van der Waals surface area contributed by atoms with Gasteiger partial charge in [0.15, 0.2) is 6.29 Å². The van der Waals surface area contributed by atoms with Crippen LogP contribution in [0.15, 0.2) is 12.2 Å². The third-order valence-corrected chi connectivity index (χ3v) is 3.41. The Kier molecular flexibility index (Phi) is 16.4. The van der Waals surface area contributed by atoms with E-state index >= 15 is 0 Å². The van der Waals surface area contributed by atoms with Crippen LogP contribution in [0.5, 0.6) is 0 Å². The van der Waals surface area contributed by atoms with Gasteiger partial charge in [-0.2, -0.15) is 0 Å². The van der Waals surface area contributed by atoms with Crippen LogP contribution in [-0.4, -0.2) is 19.5 Å². The van der Waals surface area contributed by atoms with E-state index in [0.29, 0.717) is 0 Å². The van der Waals surface area contributed by atoms with Gasteiger partial charge in [0.1, 0.15) is 0 Å². The number of allylic oxidation sites excluding steroid dienone is 2. The average molecular weight is 284 g/mol. The predicted molar refractivity (Wildman–Crippen MR) is 88.0 cm³/mol. The SMILES string of the molecule is CCCC/C=C\CCCCCCCC(OCC)OCC. The fraction of sp³-hybridized carbons (Fsp3) is 0.889. The first-order valence-electron chi connectivity index (χ1n) is 8.73. The Bertz CT molecular complexity index is 196. The molecule has 0 fully saturated rings. The zero-order valence-corrected chi connectivity index (χ0v) is 14.0. The van der Waals surface area contributed by atoms with E-state index in [1.807, 2.05) is 13.8 Å². The number of rotatable bonds is 15. The molecule has 0 N–H and O–H groups in total. The number of hydrogen-bond acceptors (Lipinski definition) is 2. The van der Waals surface area contributed by atoms with Crippen molar-refractivity contribution >= 4 is 0 Å². The van der Waals surface area contributed by atoms with Crippen LogP contribution in [0.3, 0.4) is 0 Å². The highest BCUT2D eigenvalue weighted by atomic mass is 16.7. The summed E-state index contributed by atoms with van der Waals surface area (Å²) in [4.78, 5) is 0. The Morgan fingerprint density at radius 3 is 1.85 bits per heavy atom. The highest BCUT2D eigenvalue weighted by Crippen LogP contribution is 2.11. The molecular formula is C18H36O2.